The van der Waals surface area contributed by atoms with Gasteiger partial charge in [-0.25, -0.2) is 9.97 Å². The van der Waals surface area contributed by atoms with Crippen molar-refractivity contribution in [2.45, 2.75) is 19.9 Å². The van der Waals surface area contributed by atoms with Gasteiger partial charge in [-0.3, -0.25) is 4.79 Å². The van der Waals surface area contributed by atoms with Gasteiger partial charge in [0, 0.05) is 29.4 Å². The van der Waals surface area contributed by atoms with E-state index in [1.165, 1.54) is 13.2 Å². The van der Waals surface area contributed by atoms with E-state index in [1.807, 2.05) is 44.2 Å². The molecule has 6 heteroatoms. The maximum Gasteiger partial charge on any atom is 0.257 e. The van der Waals surface area contributed by atoms with Crippen LogP contribution in [0, 0.1) is 0 Å². The minimum atomic E-state index is -0.0598. The van der Waals surface area contributed by atoms with E-state index in [-0.39, 0.29) is 23.3 Å². The zero-order valence-electron chi connectivity index (χ0n) is 14.4. The van der Waals surface area contributed by atoms with Crippen molar-refractivity contribution >= 4 is 5.82 Å². The number of hydrogen-bond donors (Lipinski definition) is 1. The molecule has 0 saturated heterocycles. The number of benzene rings is 1. The van der Waals surface area contributed by atoms with Crippen LogP contribution >= 0.6 is 0 Å². The molecule has 1 aromatic carbocycles. The molecule has 0 saturated carbocycles. The number of pyridine rings is 1. The number of nitrogens with two attached hydrogens (primary N) is 1. The van der Waals surface area contributed by atoms with Crippen LogP contribution in [0.25, 0.3) is 22.5 Å². The van der Waals surface area contributed by atoms with Crippen LogP contribution in [-0.2, 0) is 0 Å². The van der Waals surface area contributed by atoms with Gasteiger partial charge in [-0.05, 0) is 19.9 Å². The third-order valence-electron chi connectivity index (χ3n) is 3.90. The molecule has 2 heterocycles. The third kappa shape index (κ3) is 3.24. The van der Waals surface area contributed by atoms with Crippen molar-refractivity contribution in [1.29, 1.82) is 0 Å². The van der Waals surface area contributed by atoms with Gasteiger partial charge < -0.3 is 15.0 Å². The molecule has 0 unspecified atom stereocenters. The van der Waals surface area contributed by atoms with E-state index in [2.05, 4.69) is 9.97 Å². The average Bonchev–Trinajstić information content (AvgIpc) is 2.62. The lowest BCUT2D eigenvalue weighted by Gasteiger charge is -2.15. The van der Waals surface area contributed by atoms with Gasteiger partial charge in [0.05, 0.1) is 12.8 Å². The molecule has 0 fully saturated rings. The lowest BCUT2D eigenvalue weighted by molar-refractivity contribution is 0.399. The van der Waals surface area contributed by atoms with Crippen molar-refractivity contribution in [3.63, 3.8) is 0 Å². The summed E-state index contributed by atoms with van der Waals surface area (Å²) in [5, 5.41) is 0. The minimum Gasteiger partial charge on any atom is -0.478 e. The van der Waals surface area contributed by atoms with Gasteiger partial charge in [0.1, 0.15) is 5.69 Å². The molecular formula is C19H20N4O2. The second-order valence-corrected chi connectivity index (χ2v) is 5.94. The fourth-order valence-corrected chi connectivity index (χ4v) is 2.63. The van der Waals surface area contributed by atoms with Gasteiger partial charge in [0.15, 0.2) is 5.82 Å². The molecule has 3 aromatic rings. The molecule has 0 aliphatic carbocycles. The summed E-state index contributed by atoms with van der Waals surface area (Å²) in [6.45, 7) is 3.91. The zero-order chi connectivity index (χ0) is 18.0. The molecule has 0 amide bonds. The monoisotopic (exact) mass is 336 g/mol. The summed E-state index contributed by atoms with van der Waals surface area (Å²) < 4.78 is 6.89. The number of nitrogen functional groups attached to an aromatic ring is 1. The number of ether oxygens (including phenoxy) is 1. The highest BCUT2D eigenvalue weighted by atomic mass is 16.5. The van der Waals surface area contributed by atoms with Gasteiger partial charge in [-0.2, -0.15) is 0 Å². The lowest BCUT2D eigenvalue weighted by atomic mass is 10.1. The van der Waals surface area contributed by atoms with E-state index >= 15 is 0 Å². The summed E-state index contributed by atoms with van der Waals surface area (Å²) in [5.74, 6) is 0.485. The molecule has 2 aromatic heterocycles. The molecule has 0 radical (unpaired) electrons. The predicted molar refractivity (Wildman–Crippen MR) is 98.5 cm³/mol. The molecular weight excluding hydrogens is 316 g/mol. The first-order valence-corrected chi connectivity index (χ1v) is 8.00. The molecule has 25 heavy (non-hydrogen) atoms. The predicted octanol–water partition coefficient (Wildman–Crippen LogP) is 3.14. The maximum absolute atomic E-state index is 12.1. The molecule has 0 bridgehead atoms. The summed E-state index contributed by atoms with van der Waals surface area (Å²) in [6.07, 6.45) is 1.79. The number of methoxy groups -OCH3 is 1. The molecule has 0 atom stereocenters. The SMILES string of the molecule is COc1nc(-c2ccc(=O)n(C(C)C)c2)c(-c2ccccc2)nc1N. The molecule has 0 aliphatic rings. The number of anilines is 1. The van der Waals surface area contributed by atoms with Crippen molar-refractivity contribution in [2.24, 2.45) is 0 Å². The lowest BCUT2D eigenvalue weighted by Crippen LogP contribution is -2.20. The summed E-state index contributed by atoms with van der Waals surface area (Å²) in [5.41, 5.74) is 8.83. The Morgan fingerprint density at radius 2 is 1.68 bits per heavy atom. The molecule has 3 rings (SSSR count). The van der Waals surface area contributed by atoms with Crippen molar-refractivity contribution in [2.75, 3.05) is 12.8 Å². The minimum absolute atomic E-state index is 0.0382. The van der Waals surface area contributed by atoms with Crippen LogP contribution in [-0.4, -0.2) is 21.6 Å². The highest BCUT2D eigenvalue weighted by molar-refractivity contribution is 5.79. The van der Waals surface area contributed by atoms with E-state index in [0.717, 1.165) is 11.1 Å². The second-order valence-electron chi connectivity index (χ2n) is 5.94. The highest BCUT2D eigenvalue weighted by Crippen LogP contribution is 2.32. The van der Waals surface area contributed by atoms with Crippen molar-refractivity contribution in [1.82, 2.24) is 14.5 Å². The largest absolute Gasteiger partial charge is 0.478 e. The highest BCUT2D eigenvalue weighted by Gasteiger charge is 2.17. The topological polar surface area (TPSA) is 83.0 Å². The van der Waals surface area contributed by atoms with Crippen LogP contribution in [0.3, 0.4) is 0 Å². The Hall–Kier alpha value is -3.15. The van der Waals surface area contributed by atoms with E-state index in [4.69, 9.17) is 10.5 Å². The summed E-state index contributed by atoms with van der Waals surface area (Å²) in [6, 6.07) is 13.0. The standard InChI is InChI=1S/C19H20N4O2/c1-12(2)23-11-14(9-10-15(23)24)17-16(13-7-5-4-6-8-13)21-18(20)19(22-17)25-3/h4-12H,1-3H3,(H2,20,21). The molecule has 0 spiro atoms. The van der Waals surface area contributed by atoms with Gasteiger partial charge in [0.2, 0.25) is 0 Å². The number of aromatic nitrogens is 3. The third-order valence-corrected chi connectivity index (χ3v) is 3.90. The maximum atomic E-state index is 12.1. The first-order chi connectivity index (χ1) is 12.0. The van der Waals surface area contributed by atoms with E-state index in [9.17, 15) is 4.79 Å². The Morgan fingerprint density at radius 3 is 2.32 bits per heavy atom. The fraction of sp³-hybridized carbons (Fsp3) is 0.211. The number of hydrogen-bond acceptors (Lipinski definition) is 5. The Morgan fingerprint density at radius 1 is 1.00 bits per heavy atom. The van der Waals surface area contributed by atoms with Crippen LogP contribution < -0.4 is 16.0 Å². The molecule has 0 aliphatic heterocycles. The second kappa shape index (κ2) is 6.76. The Labute approximate surface area is 145 Å². The molecule has 6 nitrogen and oxygen atoms in total. The van der Waals surface area contributed by atoms with Gasteiger partial charge >= 0.3 is 0 Å². The van der Waals surface area contributed by atoms with Crippen molar-refractivity contribution in [3.8, 4) is 28.4 Å². The van der Waals surface area contributed by atoms with Gasteiger partial charge in [-0.15, -0.1) is 0 Å². The van der Waals surface area contributed by atoms with Crippen LogP contribution in [0.1, 0.15) is 19.9 Å². The quantitative estimate of drug-likeness (QED) is 0.791. The Bertz CT molecular complexity index is 949. The van der Waals surface area contributed by atoms with Crippen molar-refractivity contribution < 1.29 is 4.74 Å². The molecule has 2 N–H and O–H groups in total. The van der Waals surface area contributed by atoms with E-state index in [0.29, 0.717) is 11.4 Å². The first kappa shape index (κ1) is 16.7. The van der Waals surface area contributed by atoms with Crippen LogP contribution in [0.4, 0.5) is 5.82 Å². The number of rotatable bonds is 4. The molecule has 128 valence electrons. The first-order valence-electron chi connectivity index (χ1n) is 8.00. The fourth-order valence-electron chi connectivity index (χ4n) is 2.63. The van der Waals surface area contributed by atoms with E-state index < -0.39 is 0 Å². The average molecular weight is 336 g/mol. The van der Waals surface area contributed by atoms with Crippen LogP contribution in [0.15, 0.2) is 53.5 Å². The van der Waals surface area contributed by atoms with Gasteiger partial charge in [-0.1, -0.05) is 30.3 Å². The van der Waals surface area contributed by atoms with E-state index in [1.54, 1.807) is 16.8 Å². The number of nitrogens with zero attached hydrogens (tertiary/aromatic N) is 3. The normalized spacial score (nSPS) is 10.9. The van der Waals surface area contributed by atoms with Crippen LogP contribution in [0.5, 0.6) is 5.88 Å². The van der Waals surface area contributed by atoms with Crippen molar-refractivity contribution in [3.05, 3.63) is 59.0 Å². The Kier molecular flexibility index (Phi) is 4.52. The summed E-state index contributed by atoms with van der Waals surface area (Å²) >= 11 is 0. The van der Waals surface area contributed by atoms with Crippen LogP contribution in [0.2, 0.25) is 0 Å². The smallest absolute Gasteiger partial charge is 0.257 e. The van der Waals surface area contributed by atoms with Gasteiger partial charge in [0.25, 0.3) is 11.4 Å². The zero-order valence-corrected chi connectivity index (χ0v) is 14.4. The Balaban J connectivity index is 2.28. The summed E-state index contributed by atoms with van der Waals surface area (Å²) in [7, 11) is 1.50. The summed E-state index contributed by atoms with van der Waals surface area (Å²) in [4.78, 5) is 21.1.